The van der Waals surface area contributed by atoms with Gasteiger partial charge in [0.05, 0.1) is 12.2 Å². The fourth-order valence-corrected chi connectivity index (χ4v) is 2.57. The van der Waals surface area contributed by atoms with E-state index >= 15 is 0 Å². The third kappa shape index (κ3) is 1.64. The van der Waals surface area contributed by atoms with Gasteiger partial charge in [0.1, 0.15) is 0 Å². The van der Waals surface area contributed by atoms with Crippen molar-refractivity contribution in [2.45, 2.75) is 38.4 Å². The van der Waals surface area contributed by atoms with E-state index in [9.17, 15) is 4.79 Å². The fraction of sp³-hybridized carbons (Fsp3) is 0.900. The maximum atomic E-state index is 11.3. The van der Waals surface area contributed by atoms with Crippen LogP contribution < -0.4 is 11.1 Å². The van der Waals surface area contributed by atoms with E-state index in [1.54, 1.807) is 0 Å². The Morgan fingerprint density at radius 3 is 2.64 bits per heavy atom. The average Bonchev–Trinajstić information content (AvgIpc) is 2.23. The molecule has 3 aliphatic rings. The zero-order valence-corrected chi connectivity index (χ0v) is 8.70. The largest absolute Gasteiger partial charge is 0.350 e. The maximum absolute atomic E-state index is 11.3. The first-order valence-electron chi connectivity index (χ1n) is 5.51. The van der Waals surface area contributed by atoms with Crippen LogP contribution in [0.15, 0.2) is 0 Å². The van der Waals surface area contributed by atoms with Crippen LogP contribution in [-0.4, -0.2) is 36.1 Å². The van der Waals surface area contributed by atoms with Crippen LogP contribution in [0.1, 0.15) is 26.2 Å². The second-order valence-corrected chi connectivity index (χ2v) is 4.31. The number of carbonyl (C=O) groups is 1. The van der Waals surface area contributed by atoms with E-state index in [0.717, 1.165) is 13.1 Å². The minimum Gasteiger partial charge on any atom is -0.350 e. The first-order valence-corrected chi connectivity index (χ1v) is 5.51. The van der Waals surface area contributed by atoms with Gasteiger partial charge in [0, 0.05) is 19.5 Å². The van der Waals surface area contributed by atoms with Crippen LogP contribution in [0, 0.1) is 5.92 Å². The van der Waals surface area contributed by atoms with Crippen molar-refractivity contribution in [3.63, 3.8) is 0 Å². The minimum absolute atomic E-state index is 0.0398. The summed E-state index contributed by atoms with van der Waals surface area (Å²) in [5.74, 6) is 0.727. The molecule has 4 heteroatoms. The van der Waals surface area contributed by atoms with Crippen molar-refractivity contribution < 1.29 is 4.79 Å². The number of piperidine rings is 3. The van der Waals surface area contributed by atoms with Gasteiger partial charge < -0.3 is 11.1 Å². The third-order valence-electron chi connectivity index (χ3n) is 3.52. The van der Waals surface area contributed by atoms with Gasteiger partial charge in [-0.3, -0.25) is 9.69 Å². The Hall–Kier alpha value is -0.610. The molecule has 2 bridgehead atoms. The van der Waals surface area contributed by atoms with Crippen LogP contribution in [0.25, 0.3) is 0 Å². The highest BCUT2D eigenvalue weighted by molar-refractivity contribution is 5.76. The lowest BCUT2D eigenvalue weighted by Crippen LogP contribution is -2.66. The van der Waals surface area contributed by atoms with Gasteiger partial charge in [-0.2, -0.15) is 0 Å². The molecular formula is C10H19N3O. The normalized spacial score (nSPS) is 41.0. The minimum atomic E-state index is 0.0398. The Kier molecular flexibility index (Phi) is 2.74. The lowest BCUT2D eigenvalue weighted by molar-refractivity contribution is -0.123. The summed E-state index contributed by atoms with van der Waals surface area (Å²) in [6.07, 6.45) is 2.96. The van der Waals surface area contributed by atoms with Gasteiger partial charge in [0.2, 0.25) is 5.91 Å². The van der Waals surface area contributed by atoms with Crippen molar-refractivity contribution in [3.8, 4) is 0 Å². The van der Waals surface area contributed by atoms with E-state index < -0.39 is 0 Å². The molecule has 3 heterocycles. The van der Waals surface area contributed by atoms with E-state index in [1.165, 1.54) is 12.8 Å². The van der Waals surface area contributed by atoms with Gasteiger partial charge in [-0.05, 0) is 18.8 Å². The SMILES string of the molecule is CCC(=O)NC1C2CCN(CC2)[C@@H]1N. The number of rotatable bonds is 2. The van der Waals surface area contributed by atoms with E-state index in [4.69, 9.17) is 5.73 Å². The second-order valence-electron chi connectivity index (χ2n) is 4.31. The molecule has 3 aliphatic heterocycles. The molecule has 0 saturated carbocycles. The van der Waals surface area contributed by atoms with E-state index in [-0.39, 0.29) is 18.1 Å². The van der Waals surface area contributed by atoms with Gasteiger partial charge >= 0.3 is 0 Å². The predicted molar refractivity (Wildman–Crippen MR) is 54.5 cm³/mol. The molecule has 1 unspecified atom stereocenters. The molecule has 0 aliphatic carbocycles. The Labute approximate surface area is 84.8 Å². The zero-order chi connectivity index (χ0) is 10.1. The molecular weight excluding hydrogens is 178 g/mol. The lowest BCUT2D eigenvalue weighted by atomic mass is 9.82. The summed E-state index contributed by atoms with van der Waals surface area (Å²) in [5.41, 5.74) is 6.08. The van der Waals surface area contributed by atoms with Gasteiger partial charge in [-0.25, -0.2) is 0 Å². The number of fused-ring (bicyclic) bond motifs is 3. The molecule has 0 aromatic rings. The van der Waals surface area contributed by atoms with Crippen LogP contribution in [-0.2, 0) is 4.79 Å². The summed E-state index contributed by atoms with van der Waals surface area (Å²) in [7, 11) is 0. The molecule has 3 N–H and O–H groups in total. The summed E-state index contributed by atoms with van der Waals surface area (Å²) >= 11 is 0. The predicted octanol–water partition coefficient (Wildman–Crippen LogP) is -0.108. The smallest absolute Gasteiger partial charge is 0.220 e. The Bertz CT molecular complexity index is 221. The van der Waals surface area contributed by atoms with Gasteiger partial charge in [0.15, 0.2) is 0 Å². The number of nitrogens with two attached hydrogens (primary N) is 1. The maximum Gasteiger partial charge on any atom is 0.220 e. The fourth-order valence-electron chi connectivity index (χ4n) is 2.57. The van der Waals surface area contributed by atoms with Crippen molar-refractivity contribution in [1.82, 2.24) is 10.2 Å². The highest BCUT2D eigenvalue weighted by Gasteiger charge is 2.40. The van der Waals surface area contributed by atoms with Crippen LogP contribution in [0.3, 0.4) is 0 Å². The van der Waals surface area contributed by atoms with Crippen molar-refractivity contribution >= 4 is 5.91 Å². The number of nitrogens with one attached hydrogen (secondary N) is 1. The number of amides is 1. The standard InChI is InChI=1S/C10H19N3O/c1-2-8(14)12-9-7-3-5-13(6-4-7)10(9)11/h7,9-10H,2-6,11H2,1H3,(H,12,14)/t9?,10-/m0/s1. The van der Waals surface area contributed by atoms with Crippen molar-refractivity contribution in [2.24, 2.45) is 11.7 Å². The summed E-state index contributed by atoms with van der Waals surface area (Å²) in [5, 5.41) is 3.04. The first kappa shape index (κ1) is 9.93. The number of nitrogens with zero attached hydrogens (tertiary/aromatic N) is 1. The third-order valence-corrected chi connectivity index (χ3v) is 3.52. The molecule has 3 rings (SSSR count). The Balaban J connectivity index is 2.00. The molecule has 2 atom stereocenters. The van der Waals surface area contributed by atoms with Crippen LogP contribution in [0.2, 0.25) is 0 Å². The van der Waals surface area contributed by atoms with Crippen molar-refractivity contribution in [3.05, 3.63) is 0 Å². The van der Waals surface area contributed by atoms with Crippen molar-refractivity contribution in [1.29, 1.82) is 0 Å². The highest BCUT2D eigenvalue weighted by Crippen LogP contribution is 2.30. The van der Waals surface area contributed by atoms with Crippen LogP contribution in [0.4, 0.5) is 0 Å². The second kappa shape index (κ2) is 3.87. The number of hydrogen-bond acceptors (Lipinski definition) is 3. The van der Waals surface area contributed by atoms with E-state index in [0.29, 0.717) is 12.3 Å². The van der Waals surface area contributed by atoms with Gasteiger partial charge in [-0.1, -0.05) is 6.92 Å². The molecule has 0 radical (unpaired) electrons. The monoisotopic (exact) mass is 197 g/mol. The van der Waals surface area contributed by atoms with Gasteiger partial charge in [0.25, 0.3) is 0 Å². The molecule has 0 aromatic heterocycles. The molecule has 14 heavy (non-hydrogen) atoms. The van der Waals surface area contributed by atoms with Gasteiger partial charge in [-0.15, -0.1) is 0 Å². The van der Waals surface area contributed by atoms with E-state index in [2.05, 4.69) is 10.2 Å². The van der Waals surface area contributed by atoms with Crippen LogP contribution >= 0.6 is 0 Å². The summed E-state index contributed by atoms with van der Waals surface area (Å²) < 4.78 is 0. The lowest BCUT2D eigenvalue weighted by Gasteiger charge is -2.49. The molecule has 80 valence electrons. The topological polar surface area (TPSA) is 58.4 Å². The summed E-state index contributed by atoms with van der Waals surface area (Å²) in [4.78, 5) is 13.6. The molecule has 3 saturated heterocycles. The number of carbonyl (C=O) groups excluding carboxylic acids is 1. The summed E-state index contributed by atoms with van der Waals surface area (Å²) in [6, 6.07) is 0.185. The van der Waals surface area contributed by atoms with Crippen molar-refractivity contribution in [2.75, 3.05) is 13.1 Å². The summed E-state index contributed by atoms with van der Waals surface area (Å²) in [6.45, 7) is 4.08. The van der Waals surface area contributed by atoms with E-state index in [1.807, 2.05) is 6.92 Å². The molecule has 3 fully saturated rings. The molecule has 1 amide bonds. The Morgan fingerprint density at radius 2 is 2.14 bits per heavy atom. The Morgan fingerprint density at radius 1 is 1.50 bits per heavy atom. The average molecular weight is 197 g/mol. The highest BCUT2D eigenvalue weighted by atomic mass is 16.1. The molecule has 0 aromatic carbocycles. The quantitative estimate of drug-likeness (QED) is 0.649. The molecule has 0 spiro atoms. The molecule has 4 nitrogen and oxygen atoms in total. The van der Waals surface area contributed by atoms with Crippen LogP contribution in [0.5, 0.6) is 0 Å². The zero-order valence-electron chi connectivity index (χ0n) is 8.70. The number of hydrogen-bond donors (Lipinski definition) is 2. The first-order chi connectivity index (χ1) is 6.72.